The zero-order valence-corrected chi connectivity index (χ0v) is 16.7. The summed E-state index contributed by atoms with van der Waals surface area (Å²) in [5.41, 5.74) is 2.79. The van der Waals surface area contributed by atoms with Gasteiger partial charge in [-0.05, 0) is 62.1 Å². The Morgan fingerprint density at radius 3 is 2.56 bits per heavy atom. The van der Waals surface area contributed by atoms with E-state index in [-0.39, 0.29) is 5.91 Å². The number of carbonyl (C=O) groups excluding carboxylic acids is 1. The molecule has 0 aliphatic rings. The maximum Gasteiger partial charge on any atom is 0.251 e. The van der Waals surface area contributed by atoms with Gasteiger partial charge in [-0.3, -0.25) is 9.52 Å². The first-order valence-corrected chi connectivity index (χ1v) is 10.8. The van der Waals surface area contributed by atoms with E-state index in [9.17, 15) is 13.2 Å². The van der Waals surface area contributed by atoms with Crippen molar-refractivity contribution in [1.82, 2.24) is 5.32 Å². The van der Waals surface area contributed by atoms with Crippen molar-refractivity contribution < 1.29 is 17.9 Å². The van der Waals surface area contributed by atoms with Crippen LogP contribution in [0.3, 0.4) is 0 Å². The van der Waals surface area contributed by atoms with Gasteiger partial charge >= 0.3 is 0 Å². The quantitative estimate of drug-likeness (QED) is 0.644. The molecule has 2 N–H and O–H groups in total. The Morgan fingerprint density at radius 1 is 1.15 bits per heavy atom. The van der Waals surface area contributed by atoms with Gasteiger partial charge in [0, 0.05) is 12.1 Å². The van der Waals surface area contributed by atoms with E-state index in [4.69, 9.17) is 4.74 Å². The van der Waals surface area contributed by atoms with Crippen molar-refractivity contribution in [1.29, 1.82) is 0 Å². The van der Waals surface area contributed by atoms with Crippen molar-refractivity contribution in [2.75, 3.05) is 24.1 Å². The first kappa shape index (κ1) is 20.8. The van der Waals surface area contributed by atoms with Crippen LogP contribution in [0.2, 0.25) is 0 Å². The van der Waals surface area contributed by atoms with E-state index in [1.165, 1.54) is 0 Å². The van der Waals surface area contributed by atoms with Gasteiger partial charge in [-0.2, -0.15) is 0 Å². The average molecular weight is 391 g/mol. The monoisotopic (exact) mass is 390 g/mol. The lowest BCUT2D eigenvalue weighted by molar-refractivity contribution is 0.0953. The number of carbonyl (C=O) groups is 1. The van der Waals surface area contributed by atoms with Crippen LogP contribution in [0.15, 0.2) is 42.5 Å². The van der Waals surface area contributed by atoms with Crippen molar-refractivity contribution >= 4 is 21.6 Å². The van der Waals surface area contributed by atoms with Gasteiger partial charge in [0.15, 0.2) is 0 Å². The fourth-order valence-corrected chi connectivity index (χ4v) is 3.34. The standard InChI is InChI=1S/C20H26N2O4S/c1-4-26-19-10-6-5-8-16(19)9-7-13-21-20(23)17-11-12-18(15(2)14-17)22-27(3,24)25/h5-6,8,10-12,14,22H,4,7,9,13H2,1-3H3,(H,21,23). The molecule has 27 heavy (non-hydrogen) atoms. The van der Waals surface area contributed by atoms with Gasteiger partial charge in [-0.1, -0.05) is 18.2 Å². The molecule has 0 heterocycles. The highest BCUT2D eigenvalue weighted by Crippen LogP contribution is 2.20. The Morgan fingerprint density at radius 2 is 1.89 bits per heavy atom. The Hall–Kier alpha value is -2.54. The molecule has 0 fully saturated rings. The van der Waals surface area contributed by atoms with E-state index < -0.39 is 10.0 Å². The molecule has 0 aliphatic carbocycles. The molecule has 6 nitrogen and oxygen atoms in total. The van der Waals surface area contributed by atoms with Crippen LogP contribution in [0.4, 0.5) is 5.69 Å². The molecule has 2 rings (SSSR count). The number of amides is 1. The molecule has 1 amide bonds. The second-order valence-corrected chi connectivity index (χ2v) is 8.05. The van der Waals surface area contributed by atoms with Crippen molar-refractivity contribution in [3.63, 3.8) is 0 Å². The summed E-state index contributed by atoms with van der Waals surface area (Å²) in [6.07, 6.45) is 2.70. The van der Waals surface area contributed by atoms with E-state index >= 15 is 0 Å². The van der Waals surface area contributed by atoms with E-state index in [1.807, 2.05) is 31.2 Å². The predicted octanol–water partition coefficient (Wildman–Crippen LogP) is 3.13. The van der Waals surface area contributed by atoms with Crippen LogP contribution in [0, 0.1) is 6.92 Å². The highest BCUT2D eigenvalue weighted by atomic mass is 32.2. The summed E-state index contributed by atoms with van der Waals surface area (Å²) < 4.78 is 30.7. The van der Waals surface area contributed by atoms with Crippen LogP contribution in [0.1, 0.15) is 34.8 Å². The summed E-state index contributed by atoms with van der Waals surface area (Å²) in [4.78, 5) is 12.3. The lowest BCUT2D eigenvalue weighted by Gasteiger charge is -2.11. The van der Waals surface area contributed by atoms with Crippen LogP contribution in [0.25, 0.3) is 0 Å². The van der Waals surface area contributed by atoms with Gasteiger partial charge in [-0.25, -0.2) is 8.42 Å². The molecular weight excluding hydrogens is 364 g/mol. The van der Waals surface area contributed by atoms with Gasteiger partial charge in [0.2, 0.25) is 10.0 Å². The first-order valence-electron chi connectivity index (χ1n) is 8.87. The summed E-state index contributed by atoms with van der Waals surface area (Å²) in [5.74, 6) is 0.706. The molecule has 0 aliphatic heterocycles. The molecule has 0 radical (unpaired) electrons. The summed E-state index contributed by atoms with van der Waals surface area (Å²) >= 11 is 0. The Kier molecular flexibility index (Phi) is 7.24. The minimum Gasteiger partial charge on any atom is -0.494 e. The number of rotatable bonds is 9. The molecule has 146 valence electrons. The summed E-state index contributed by atoms with van der Waals surface area (Å²) in [7, 11) is -3.35. The zero-order valence-electron chi connectivity index (χ0n) is 15.9. The Bertz CT molecular complexity index is 895. The molecule has 0 saturated carbocycles. The average Bonchev–Trinajstić information content (AvgIpc) is 2.60. The third-order valence-corrected chi connectivity index (χ3v) is 4.56. The minimum atomic E-state index is -3.35. The highest BCUT2D eigenvalue weighted by Gasteiger charge is 2.10. The van der Waals surface area contributed by atoms with Crippen molar-refractivity contribution in [3.8, 4) is 5.75 Å². The smallest absolute Gasteiger partial charge is 0.251 e. The van der Waals surface area contributed by atoms with Crippen LogP contribution in [-0.2, 0) is 16.4 Å². The number of anilines is 1. The lowest BCUT2D eigenvalue weighted by Crippen LogP contribution is -2.25. The van der Waals surface area contributed by atoms with Crippen LogP contribution >= 0.6 is 0 Å². The van der Waals surface area contributed by atoms with E-state index in [1.54, 1.807) is 25.1 Å². The number of nitrogens with one attached hydrogen (secondary N) is 2. The van der Waals surface area contributed by atoms with Crippen LogP contribution in [-0.4, -0.2) is 33.7 Å². The van der Waals surface area contributed by atoms with E-state index in [0.717, 1.165) is 30.4 Å². The molecule has 0 unspecified atom stereocenters. The van der Waals surface area contributed by atoms with Gasteiger partial charge < -0.3 is 10.1 Å². The largest absolute Gasteiger partial charge is 0.494 e. The van der Waals surface area contributed by atoms with Crippen LogP contribution < -0.4 is 14.8 Å². The highest BCUT2D eigenvalue weighted by molar-refractivity contribution is 7.92. The normalized spacial score (nSPS) is 11.1. The predicted molar refractivity (Wildman–Crippen MR) is 108 cm³/mol. The second-order valence-electron chi connectivity index (χ2n) is 6.30. The zero-order chi connectivity index (χ0) is 19.9. The summed E-state index contributed by atoms with van der Waals surface area (Å²) in [6, 6.07) is 12.8. The summed E-state index contributed by atoms with van der Waals surface area (Å²) in [6.45, 7) is 4.88. The van der Waals surface area contributed by atoms with E-state index in [0.29, 0.717) is 30.0 Å². The fraction of sp³-hybridized carbons (Fsp3) is 0.350. The molecule has 2 aromatic rings. The second kappa shape index (κ2) is 9.41. The third-order valence-electron chi connectivity index (χ3n) is 3.96. The van der Waals surface area contributed by atoms with Gasteiger partial charge in [0.25, 0.3) is 5.91 Å². The van der Waals surface area contributed by atoms with Gasteiger partial charge in [0.05, 0.1) is 18.6 Å². The summed E-state index contributed by atoms with van der Waals surface area (Å²) in [5, 5.41) is 2.90. The number of aryl methyl sites for hydroxylation is 2. The number of para-hydroxylation sites is 1. The molecule has 2 aromatic carbocycles. The van der Waals surface area contributed by atoms with E-state index in [2.05, 4.69) is 10.0 Å². The molecule has 7 heteroatoms. The molecule has 0 bridgehead atoms. The number of hydrogen-bond acceptors (Lipinski definition) is 4. The van der Waals surface area contributed by atoms with Crippen molar-refractivity contribution in [2.45, 2.75) is 26.7 Å². The Balaban J connectivity index is 1.88. The van der Waals surface area contributed by atoms with Gasteiger partial charge in [0.1, 0.15) is 5.75 Å². The SMILES string of the molecule is CCOc1ccccc1CCCNC(=O)c1ccc(NS(C)(=O)=O)c(C)c1. The number of benzene rings is 2. The van der Waals surface area contributed by atoms with Gasteiger partial charge in [-0.15, -0.1) is 0 Å². The lowest BCUT2D eigenvalue weighted by atomic mass is 10.1. The molecule has 0 saturated heterocycles. The molecule has 0 atom stereocenters. The third kappa shape index (κ3) is 6.60. The fourth-order valence-electron chi connectivity index (χ4n) is 2.71. The maximum atomic E-state index is 12.3. The first-order chi connectivity index (χ1) is 12.8. The van der Waals surface area contributed by atoms with Crippen molar-refractivity contribution in [2.24, 2.45) is 0 Å². The Labute approximate surface area is 161 Å². The van der Waals surface area contributed by atoms with Crippen molar-refractivity contribution in [3.05, 3.63) is 59.2 Å². The van der Waals surface area contributed by atoms with Crippen LogP contribution in [0.5, 0.6) is 5.75 Å². The number of hydrogen-bond donors (Lipinski definition) is 2. The topological polar surface area (TPSA) is 84.5 Å². The maximum absolute atomic E-state index is 12.3. The number of ether oxygens (including phenoxy) is 1. The number of sulfonamides is 1. The minimum absolute atomic E-state index is 0.179. The molecular formula is C20H26N2O4S. The molecule has 0 spiro atoms. The molecule has 0 aromatic heterocycles.